The van der Waals surface area contributed by atoms with Gasteiger partial charge in [0, 0.05) is 11.9 Å². The zero-order valence-corrected chi connectivity index (χ0v) is 7.62. The fourth-order valence-corrected chi connectivity index (χ4v) is 1.42. The molecule has 0 atom stereocenters. The third-order valence-electron chi connectivity index (χ3n) is 1.32. The molecule has 0 saturated carbocycles. The number of hydrogen-bond acceptors (Lipinski definition) is 4. The van der Waals surface area contributed by atoms with E-state index in [2.05, 4.69) is 4.98 Å². The molecule has 4 nitrogen and oxygen atoms in total. The first-order valence-electron chi connectivity index (χ1n) is 3.67. The highest BCUT2D eigenvalue weighted by Gasteiger charge is 2.03. The Morgan fingerprint density at radius 1 is 1.62 bits per heavy atom. The number of aromatic nitrogens is 1. The first-order valence-corrected chi connectivity index (χ1v) is 4.65. The van der Waals surface area contributed by atoms with Crippen LogP contribution in [0, 0.1) is 0 Å². The van der Waals surface area contributed by atoms with Gasteiger partial charge in [-0.15, -0.1) is 11.8 Å². The van der Waals surface area contributed by atoms with Crippen LogP contribution in [0.2, 0.25) is 0 Å². The average Bonchev–Trinajstić information content (AvgIpc) is 2.15. The van der Waals surface area contributed by atoms with Crippen molar-refractivity contribution in [1.82, 2.24) is 4.98 Å². The first kappa shape index (κ1) is 10.0. The van der Waals surface area contributed by atoms with Gasteiger partial charge in [-0.2, -0.15) is 0 Å². The molecule has 0 amide bonds. The lowest BCUT2D eigenvalue weighted by atomic mass is 10.3. The fraction of sp³-hybridized carbons (Fsp3) is 0.250. The van der Waals surface area contributed by atoms with Gasteiger partial charge < -0.3 is 10.2 Å². The van der Waals surface area contributed by atoms with E-state index in [1.54, 1.807) is 0 Å². The lowest BCUT2D eigenvalue weighted by molar-refractivity contribution is 0.0696. The maximum atomic E-state index is 10.5. The summed E-state index contributed by atoms with van der Waals surface area (Å²) in [5.74, 6) is -0.441. The Kier molecular flexibility index (Phi) is 3.72. The van der Waals surface area contributed by atoms with Gasteiger partial charge in [-0.3, -0.25) is 0 Å². The molecule has 13 heavy (non-hydrogen) atoms. The zero-order chi connectivity index (χ0) is 9.68. The number of nitrogens with zero attached hydrogens (tertiary/aromatic N) is 1. The van der Waals surface area contributed by atoms with Gasteiger partial charge in [0.15, 0.2) is 0 Å². The zero-order valence-electron chi connectivity index (χ0n) is 6.80. The monoisotopic (exact) mass is 199 g/mol. The summed E-state index contributed by atoms with van der Waals surface area (Å²) < 4.78 is 0. The van der Waals surface area contributed by atoms with Gasteiger partial charge in [0.2, 0.25) is 0 Å². The summed E-state index contributed by atoms with van der Waals surface area (Å²) in [4.78, 5) is 14.5. The third kappa shape index (κ3) is 3.04. The Morgan fingerprint density at radius 3 is 3.00 bits per heavy atom. The van der Waals surface area contributed by atoms with Crippen LogP contribution in [0.25, 0.3) is 0 Å². The number of carboxylic acids is 1. The maximum absolute atomic E-state index is 10.5. The highest BCUT2D eigenvalue weighted by molar-refractivity contribution is 7.99. The van der Waals surface area contributed by atoms with E-state index in [1.165, 1.54) is 30.1 Å². The summed E-state index contributed by atoms with van der Waals surface area (Å²) in [6.07, 6.45) is 1.45. The Labute approximate surface area is 79.6 Å². The van der Waals surface area contributed by atoms with Gasteiger partial charge in [0.1, 0.15) is 0 Å². The molecular weight excluding hydrogens is 190 g/mol. The highest BCUT2D eigenvalue weighted by Crippen LogP contribution is 2.15. The molecule has 2 N–H and O–H groups in total. The van der Waals surface area contributed by atoms with Crippen LogP contribution < -0.4 is 0 Å². The van der Waals surface area contributed by atoms with E-state index in [9.17, 15) is 4.79 Å². The van der Waals surface area contributed by atoms with Gasteiger partial charge in [-0.25, -0.2) is 9.78 Å². The van der Waals surface area contributed by atoms with Gasteiger partial charge in [-0.05, 0) is 12.1 Å². The van der Waals surface area contributed by atoms with Crippen molar-refractivity contribution >= 4 is 17.7 Å². The summed E-state index contributed by atoms with van der Waals surface area (Å²) in [6, 6.07) is 2.92. The third-order valence-corrected chi connectivity index (χ3v) is 2.23. The lowest BCUT2D eigenvalue weighted by Crippen LogP contribution is -1.97. The van der Waals surface area contributed by atoms with E-state index >= 15 is 0 Å². The number of hydrogen-bond donors (Lipinski definition) is 2. The second kappa shape index (κ2) is 4.84. The SMILES string of the molecule is O=C(O)c1ccnc(SCCO)c1. The van der Waals surface area contributed by atoms with E-state index in [1.807, 2.05) is 0 Å². The Morgan fingerprint density at radius 2 is 2.38 bits per heavy atom. The van der Waals surface area contributed by atoms with E-state index < -0.39 is 5.97 Å². The summed E-state index contributed by atoms with van der Waals surface area (Å²) in [6.45, 7) is 0.0592. The largest absolute Gasteiger partial charge is 0.478 e. The van der Waals surface area contributed by atoms with Crippen molar-refractivity contribution in [2.75, 3.05) is 12.4 Å². The predicted molar refractivity (Wildman–Crippen MR) is 49.0 cm³/mol. The van der Waals surface area contributed by atoms with Gasteiger partial charge >= 0.3 is 5.97 Å². The van der Waals surface area contributed by atoms with Crippen LogP contribution in [0.1, 0.15) is 10.4 Å². The summed E-state index contributed by atoms with van der Waals surface area (Å²) >= 11 is 1.33. The van der Waals surface area contributed by atoms with Crippen LogP contribution in [-0.2, 0) is 0 Å². The molecule has 0 radical (unpaired) electrons. The maximum Gasteiger partial charge on any atom is 0.335 e. The van der Waals surface area contributed by atoms with Crippen molar-refractivity contribution in [3.8, 4) is 0 Å². The van der Waals surface area contributed by atoms with Crippen LogP contribution in [0.3, 0.4) is 0 Å². The lowest BCUT2D eigenvalue weighted by Gasteiger charge is -1.99. The highest BCUT2D eigenvalue weighted by atomic mass is 32.2. The van der Waals surface area contributed by atoms with Crippen molar-refractivity contribution in [1.29, 1.82) is 0 Å². The number of aromatic carboxylic acids is 1. The van der Waals surface area contributed by atoms with Crippen molar-refractivity contribution in [2.45, 2.75) is 5.03 Å². The van der Waals surface area contributed by atoms with E-state index in [4.69, 9.17) is 10.2 Å². The summed E-state index contributed by atoms with van der Waals surface area (Å²) in [5.41, 5.74) is 0.218. The van der Waals surface area contributed by atoms with E-state index in [0.29, 0.717) is 10.8 Å². The van der Waals surface area contributed by atoms with Crippen molar-refractivity contribution in [2.24, 2.45) is 0 Å². The standard InChI is InChI=1S/C8H9NO3S/c10-3-4-13-7-5-6(8(11)12)1-2-9-7/h1-2,5,10H,3-4H2,(H,11,12). The fourth-order valence-electron chi connectivity index (χ4n) is 0.772. The Bertz CT molecular complexity index is 303. The van der Waals surface area contributed by atoms with Crippen LogP contribution in [0.5, 0.6) is 0 Å². The molecule has 1 heterocycles. The molecule has 0 aliphatic heterocycles. The first-order chi connectivity index (χ1) is 6.24. The van der Waals surface area contributed by atoms with Crippen molar-refractivity contribution < 1.29 is 15.0 Å². The molecule has 0 aromatic carbocycles. The predicted octanol–water partition coefficient (Wildman–Crippen LogP) is 0.864. The molecule has 0 spiro atoms. The molecule has 0 unspecified atom stereocenters. The smallest absolute Gasteiger partial charge is 0.335 e. The second-order valence-corrected chi connectivity index (χ2v) is 3.38. The second-order valence-electron chi connectivity index (χ2n) is 2.26. The minimum Gasteiger partial charge on any atom is -0.478 e. The van der Waals surface area contributed by atoms with E-state index in [0.717, 1.165) is 0 Å². The minimum absolute atomic E-state index is 0.0592. The van der Waals surface area contributed by atoms with Crippen molar-refractivity contribution in [3.63, 3.8) is 0 Å². The van der Waals surface area contributed by atoms with Crippen molar-refractivity contribution in [3.05, 3.63) is 23.9 Å². The number of rotatable bonds is 4. The van der Waals surface area contributed by atoms with Crippen LogP contribution >= 0.6 is 11.8 Å². The number of carbonyl (C=O) groups is 1. The van der Waals surface area contributed by atoms with Crippen LogP contribution in [-0.4, -0.2) is 33.5 Å². The molecule has 0 fully saturated rings. The molecule has 0 aliphatic rings. The topological polar surface area (TPSA) is 70.4 Å². The number of aliphatic hydroxyl groups excluding tert-OH is 1. The normalized spacial score (nSPS) is 9.92. The van der Waals surface area contributed by atoms with Crippen LogP contribution in [0.4, 0.5) is 0 Å². The number of carboxylic acid groups (broad SMARTS) is 1. The summed E-state index contributed by atoms with van der Waals surface area (Å²) in [5, 5.41) is 17.8. The Balaban J connectivity index is 2.73. The number of pyridine rings is 1. The Hall–Kier alpha value is -1.07. The molecule has 1 rings (SSSR count). The molecule has 70 valence electrons. The van der Waals surface area contributed by atoms with Gasteiger partial charge in [0.05, 0.1) is 17.2 Å². The quantitative estimate of drug-likeness (QED) is 0.704. The average molecular weight is 199 g/mol. The number of aliphatic hydroxyl groups is 1. The number of thioether (sulfide) groups is 1. The van der Waals surface area contributed by atoms with Crippen LogP contribution in [0.15, 0.2) is 23.4 Å². The molecule has 0 saturated heterocycles. The minimum atomic E-state index is -0.965. The summed E-state index contributed by atoms with van der Waals surface area (Å²) in [7, 11) is 0. The molecule has 5 heteroatoms. The molecule has 1 aromatic heterocycles. The van der Waals surface area contributed by atoms with E-state index in [-0.39, 0.29) is 12.2 Å². The molecule has 0 aliphatic carbocycles. The molecule has 1 aromatic rings. The molecule has 0 bridgehead atoms. The molecular formula is C8H9NO3S. The van der Waals surface area contributed by atoms with Gasteiger partial charge in [-0.1, -0.05) is 0 Å². The van der Waals surface area contributed by atoms with Gasteiger partial charge in [0.25, 0.3) is 0 Å².